The van der Waals surface area contributed by atoms with E-state index in [2.05, 4.69) is 10.6 Å². The third kappa shape index (κ3) is 4.80. The van der Waals surface area contributed by atoms with Crippen molar-refractivity contribution in [1.29, 1.82) is 0 Å². The maximum absolute atomic E-state index is 12.3. The van der Waals surface area contributed by atoms with Crippen LogP contribution in [0.4, 0.5) is 16.2 Å². The highest BCUT2D eigenvalue weighted by atomic mass is 35.5. The SMILES string of the molecule is CNC(=O)[C@@H](C)CN(C)C(=O)Nc1cc(Cl)ccc1N(C)C. The molecule has 0 aliphatic heterocycles. The minimum atomic E-state index is -0.291. The zero-order chi connectivity index (χ0) is 16.9. The van der Waals surface area contributed by atoms with E-state index < -0.39 is 0 Å². The number of rotatable bonds is 5. The number of urea groups is 1. The molecule has 0 saturated carbocycles. The Labute approximate surface area is 136 Å². The molecular weight excluding hydrogens is 304 g/mol. The molecule has 0 fully saturated rings. The normalized spacial score (nSPS) is 11.5. The molecule has 1 aromatic rings. The lowest BCUT2D eigenvalue weighted by atomic mass is 10.1. The molecule has 122 valence electrons. The standard InChI is InChI=1S/C15H23ClN4O2/c1-10(14(21)17-2)9-20(5)15(22)18-12-8-11(16)6-7-13(12)19(3)4/h6-8,10H,9H2,1-5H3,(H,17,21)(H,18,22)/t10-/m0/s1. The fourth-order valence-corrected chi connectivity index (χ4v) is 2.20. The summed E-state index contributed by atoms with van der Waals surface area (Å²) in [6.45, 7) is 2.09. The zero-order valence-electron chi connectivity index (χ0n) is 13.6. The van der Waals surface area contributed by atoms with Gasteiger partial charge in [0, 0.05) is 39.8 Å². The Balaban J connectivity index is 2.80. The first kappa shape index (κ1) is 18.1. The van der Waals surface area contributed by atoms with Crippen LogP contribution < -0.4 is 15.5 Å². The second-order valence-electron chi connectivity index (χ2n) is 5.38. The van der Waals surface area contributed by atoms with E-state index in [0.29, 0.717) is 17.3 Å². The molecule has 0 heterocycles. The van der Waals surface area contributed by atoms with Gasteiger partial charge in [0.2, 0.25) is 5.91 Å². The van der Waals surface area contributed by atoms with Gasteiger partial charge in [-0.2, -0.15) is 0 Å². The van der Waals surface area contributed by atoms with Crippen molar-refractivity contribution >= 4 is 34.9 Å². The first-order valence-electron chi connectivity index (χ1n) is 6.96. The minimum Gasteiger partial charge on any atom is -0.376 e. The molecule has 3 amide bonds. The highest BCUT2D eigenvalue weighted by molar-refractivity contribution is 6.31. The summed E-state index contributed by atoms with van der Waals surface area (Å²) in [5.74, 6) is -0.384. The molecule has 7 heteroatoms. The lowest BCUT2D eigenvalue weighted by molar-refractivity contribution is -0.124. The predicted octanol–water partition coefficient (Wildman–Crippen LogP) is 2.25. The zero-order valence-corrected chi connectivity index (χ0v) is 14.4. The van der Waals surface area contributed by atoms with E-state index in [9.17, 15) is 9.59 Å². The first-order chi connectivity index (χ1) is 10.3. The number of carbonyl (C=O) groups excluding carboxylic acids is 2. The molecule has 0 bridgehead atoms. The molecule has 6 nitrogen and oxygen atoms in total. The highest BCUT2D eigenvalue weighted by Gasteiger charge is 2.18. The maximum atomic E-state index is 12.3. The molecule has 0 aromatic heterocycles. The molecule has 0 aliphatic carbocycles. The topological polar surface area (TPSA) is 64.7 Å². The smallest absolute Gasteiger partial charge is 0.321 e. The monoisotopic (exact) mass is 326 g/mol. The van der Waals surface area contributed by atoms with E-state index >= 15 is 0 Å². The molecule has 0 radical (unpaired) electrons. The van der Waals surface area contributed by atoms with Gasteiger partial charge in [0.05, 0.1) is 17.3 Å². The summed E-state index contributed by atoms with van der Waals surface area (Å²) in [7, 11) is 7.00. The van der Waals surface area contributed by atoms with Crippen LogP contribution in [-0.4, -0.2) is 51.6 Å². The number of hydrogen-bond donors (Lipinski definition) is 2. The van der Waals surface area contributed by atoms with Crippen LogP contribution >= 0.6 is 11.6 Å². The van der Waals surface area contributed by atoms with Gasteiger partial charge < -0.3 is 20.4 Å². The van der Waals surface area contributed by atoms with E-state index in [1.807, 2.05) is 25.1 Å². The van der Waals surface area contributed by atoms with Crippen LogP contribution in [0.25, 0.3) is 0 Å². The van der Waals surface area contributed by atoms with Gasteiger partial charge in [-0.25, -0.2) is 4.79 Å². The van der Waals surface area contributed by atoms with Gasteiger partial charge in [-0.1, -0.05) is 18.5 Å². The molecule has 0 aliphatic rings. The van der Waals surface area contributed by atoms with E-state index in [0.717, 1.165) is 5.69 Å². The number of hydrogen-bond acceptors (Lipinski definition) is 3. The van der Waals surface area contributed by atoms with Gasteiger partial charge in [-0.3, -0.25) is 4.79 Å². The van der Waals surface area contributed by atoms with Crippen LogP contribution in [-0.2, 0) is 4.79 Å². The van der Waals surface area contributed by atoms with Crippen LogP contribution in [0.1, 0.15) is 6.92 Å². The van der Waals surface area contributed by atoms with Crippen molar-refractivity contribution in [3.63, 3.8) is 0 Å². The lowest BCUT2D eigenvalue weighted by Gasteiger charge is -2.23. The molecule has 2 N–H and O–H groups in total. The summed E-state index contributed by atoms with van der Waals surface area (Å²) in [6, 6.07) is 5.01. The van der Waals surface area contributed by atoms with Gasteiger partial charge >= 0.3 is 6.03 Å². The van der Waals surface area contributed by atoms with Crippen LogP contribution in [0.3, 0.4) is 0 Å². The van der Waals surface area contributed by atoms with Gasteiger partial charge in [0.1, 0.15) is 0 Å². The van der Waals surface area contributed by atoms with Crippen molar-refractivity contribution in [3.8, 4) is 0 Å². The van der Waals surface area contributed by atoms with Crippen LogP contribution in [0.2, 0.25) is 5.02 Å². The Bertz CT molecular complexity index is 548. The van der Waals surface area contributed by atoms with Crippen molar-refractivity contribution in [1.82, 2.24) is 10.2 Å². The summed E-state index contributed by atoms with van der Waals surface area (Å²) in [5.41, 5.74) is 1.48. The van der Waals surface area contributed by atoms with Gasteiger partial charge in [-0.15, -0.1) is 0 Å². The van der Waals surface area contributed by atoms with Gasteiger partial charge in [0.15, 0.2) is 0 Å². The van der Waals surface area contributed by atoms with Crippen LogP contribution in [0, 0.1) is 5.92 Å². The molecule has 0 unspecified atom stereocenters. The number of nitrogens with zero attached hydrogens (tertiary/aromatic N) is 2. The van der Waals surface area contributed by atoms with E-state index in [1.165, 1.54) is 4.90 Å². The fourth-order valence-electron chi connectivity index (χ4n) is 2.03. The minimum absolute atomic E-state index is 0.101. The lowest BCUT2D eigenvalue weighted by Crippen LogP contribution is -2.39. The molecule has 1 atom stereocenters. The van der Waals surface area contributed by atoms with E-state index in [-0.39, 0.29) is 17.9 Å². The average molecular weight is 327 g/mol. The number of carbonyl (C=O) groups is 2. The van der Waals surface area contributed by atoms with Crippen molar-refractivity contribution in [2.24, 2.45) is 5.92 Å². The van der Waals surface area contributed by atoms with Crippen molar-refractivity contribution in [2.75, 3.05) is 45.0 Å². The Kier molecular flexibility index (Phi) is 6.49. The summed E-state index contributed by atoms with van der Waals surface area (Å²) in [5, 5.41) is 5.94. The predicted molar refractivity (Wildman–Crippen MR) is 90.7 cm³/mol. The van der Waals surface area contributed by atoms with Crippen molar-refractivity contribution < 1.29 is 9.59 Å². The largest absolute Gasteiger partial charge is 0.376 e. The quantitative estimate of drug-likeness (QED) is 0.872. The van der Waals surface area contributed by atoms with Crippen LogP contribution in [0.5, 0.6) is 0 Å². The summed E-state index contributed by atoms with van der Waals surface area (Å²) >= 11 is 5.99. The number of amides is 3. The Morgan fingerprint density at radius 3 is 2.45 bits per heavy atom. The second-order valence-corrected chi connectivity index (χ2v) is 5.82. The summed E-state index contributed by atoms with van der Waals surface area (Å²) in [6.07, 6.45) is 0. The van der Waals surface area contributed by atoms with E-state index in [1.54, 1.807) is 33.2 Å². The summed E-state index contributed by atoms with van der Waals surface area (Å²) < 4.78 is 0. The first-order valence-corrected chi connectivity index (χ1v) is 7.34. The second kappa shape index (κ2) is 7.89. The van der Waals surface area contributed by atoms with E-state index in [4.69, 9.17) is 11.6 Å². The van der Waals surface area contributed by atoms with Crippen molar-refractivity contribution in [3.05, 3.63) is 23.2 Å². The molecular formula is C15H23ClN4O2. The average Bonchev–Trinajstić information content (AvgIpc) is 2.45. The third-order valence-corrected chi connectivity index (χ3v) is 3.51. The van der Waals surface area contributed by atoms with Gasteiger partial charge in [0.25, 0.3) is 0 Å². The maximum Gasteiger partial charge on any atom is 0.321 e. The number of nitrogens with one attached hydrogen (secondary N) is 2. The Hall–Kier alpha value is -1.95. The Morgan fingerprint density at radius 1 is 1.27 bits per heavy atom. The van der Waals surface area contributed by atoms with Gasteiger partial charge in [-0.05, 0) is 18.2 Å². The van der Waals surface area contributed by atoms with Crippen molar-refractivity contribution in [2.45, 2.75) is 6.92 Å². The Morgan fingerprint density at radius 2 is 1.91 bits per heavy atom. The third-order valence-electron chi connectivity index (χ3n) is 3.27. The molecule has 22 heavy (non-hydrogen) atoms. The van der Waals surface area contributed by atoms with Crippen LogP contribution in [0.15, 0.2) is 18.2 Å². The molecule has 0 saturated heterocycles. The molecule has 1 rings (SSSR count). The number of benzene rings is 1. The highest BCUT2D eigenvalue weighted by Crippen LogP contribution is 2.28. The molecule has 0 spiro atoms. The fraction of sp³-hybridized carbons (Fsp3) is 0.467. The summed E-state index contributed by atoms with van der Waals surface area (Å²) in [4.78, 5) is 27.1. The number of anilines is 2. The number of halogens is 1. The molecule has 1 aromatic carbocycles.